The summed E-state index contributed by atoms with van der Waals surface area (Å²) in [4.78, 5) is 38.3. The van der Waals surface area contributed by atoms with E-state index in [-0.39, 0.29) is 40.2 Å². The molecule has 41 heavy (non-hydrogen) atoms. The molecule has 3 fully saturated rings. The van der Waals surface area contributed by atoms with Gasteiger partial charge in [0.1, 0.15) is 11.5 Å². The van der Waals surface area contributed by atoms with Crippen molar-refractivity contribution in [3.63, 3.8) is 0 Å². The molecule has 7 nitrogen and oxygen atoms in total. The minimum Gasteiger partial charge on any atom is -0.481 e. The number of ether oxygens (including phenoxy) is 3. The van der Waals surface area contributed by atoms with Crippen molar-refractivity contribution >= 4 is 17.7 Å². The fraction of sp³-hybridized carbons (Fsp3) is 0.676. The van der Waals surface area contributed by atoms with E-state index in [0.717, 1.165) is 23.1 Å². The molecule has 0 radical (unpaired) electrons. The summed E-state index contributed by atoms with van der Waals surface area (Å²) in [5.41, 5.74) is 0.534. The molecule has 0 saturated heterocycles. The quantitative estimate of drug-likeness (QED) is 0.189. The van der Waals surface area contributed by atoms with Crippen LogP contribution in [0.3, 0.4) is 0 Å². The van der Waals surface area contributed by atoms with Gasteiger partial charge in [-0.25, -0.2) is 0 Å². The summed E-state index contributed by atoms with van der Waals surface area (Å²) in [7, 11) is 3.35. The highest BCUT2D eigenvalue weighted by molar-refractivity contribution is 6.01. The summed E-state index contributed by atoms with van der Waals surface area (Å²) in [6.45, 7) is 15.4. The van der Waals surface area contributed by atoms with Crippen molar-refractivity contribution in [3.05, 3.63) is 47.1 Å². The summed E-state index contributed by atoms with van der Waals surface area (Å²) in [5, 5.41) is 10.4. The summed E-state index contributed by atoms with van der Waals surface area (Å²) in [5.74, 6) is -1.42. The predicted octanol–water partition coefficient (Wildman–Crippen LogP) is 6.63. The van der Waals surface area contributed by atoms with Gasteiger partial charge in [0.25, 0.3) is 0 Å². The highest BCUT2D eigenvalue weighted by Crippen LogP contribution is 2.69. The molecule has 7 heteroatoms. The highest BCUT2D eigenvalue weighted by Gasteiger charge is 2.68. The Morgan fingerprint density at radius 3 is 2.27 bits per heavy atom. The van der Waals surface area contributed by atoms with Crippen molar-refractivity contribution in [1.82, 2.24) is 0 Å². The van der Waals surface area contributed by atoms with Crippen molar-refractivity contribution in [3.8, 4) is 0 Å². The average molecular weight is 571 g/mol. The normalized spacial score (nSPS) is 36.3. The van der Waals surface area contributed by atoms with E-state index in [1.807, 2.05) is 58.1 Å². The van der Waals surface area contributed by atoms with Gasteiger partial charge in [0.2, 0.25) is 0 Å². The number of esters is 1. The number of carboxylic acids is 1. The number of fused-ring (bicyclic) bond motifs is 3. The first-order chi connectivity index (χ1) is 19.0. The number of carbonyl (C=O) groups excluding carboxylic acids is 2. The van der Waals surface area contributed by atoms with Gasteiger partial charge in [-0.05, 0) is 88.7 Å². The number of carbonyl (C=O) groups is 3. The Bertz CT molecular complexity index is 1170. The Labute approximate surface area is 246 Å². The number of aliphatic carboxylic acids is 1. The monoisotopic (exact) mass is 570 g/mol. The van der Waals surface area contributed by atoms with Crippen LogP contribution in [0.2, 0.25) is 0 Å². The molecule has 228 valence electrons. The number of allylic oxidation sites excluding steroid dienone is 5. The lowest BCUT2D eigenvalue weighted by molar-refractivity contribution is -0.204. The molecule has 0 spiro atoms. The van der Waals surface area contributed by atoms with Gasteiger partial charge in [0.05, 0.1) is 11.7 Å². The average Bonchev–Trinajstić information content (AvgIpc) is 3.16. The molecule has 2 unspecified atom stereocenters. The van der Waals surface area contributed by atoms with Crippen molar-refractivity contribution in [2.75, 3.05) is 14.2 Å². The fourth-order valence-corrected chi connectivity index (χ4v) is 8.25. The van der Waals surface area contributed by atoms with E-state index in [0.29, 0.717) is 25.7 Å². The minimum absolute atomic E-state index is 0.0192. The summed E-state index contributed by atoms with van der Waals surface area (Å²) < 4.78 is 16.8. The second-order valence-electron chi connectivity index (χ2n) is 13.6. The first kappa shape index (κ1) is 33.0. The van der Waals surface area contributed by atoms with Crippen LogP contribution in [0, 0.1) is 28.1 Å². The van der Waals surface area contributed by atoms with Crippen molar-refractivity contribution in [1.29, 1.82) is 0 Å². The Balaban J connectivity index is 1.93. The number of rotatable bonds is 9. The molecule has 0 aromatic rings. The van der Waals surface area contributed by atoms with Crippen molar-refractivity contribution in [2.24, 2.45) is 28.1 Å². The molecular weight excluding hydrogens is 520 g/mol. The highest BCUT2D eigenvalue weighted by atomic mass is 16.5. The van der Waals surface area contributed by atoms with Gasteiger partial charge in [-0.2, -0.15) is 0 Å². The van der Waals surface area contributed by atoms with Gasteiger partial charge in [0.15, 0.2) is 5.78 Å². The van der Waals surface area contributed by atoms with E-state index in [4.69, 9.17) is 14.2 Å². The van der Waals surface area contributed by atoms with Gasteiger partial charge in [0, 0.05) is 38.6 Å². The number of hydrogen-bond donors (Lipinski definition) is 1. The molecule has 0 aromatic heterocycles. The van der Waals surface area contributed by atoms with Crippen LogP contribution < -0.4 is 0 Å². The SMILES string of the molecule is COC(/C=C/C(C)=C1/C(=O)CC2[C@]1(C)CC[C@H]1[C@@](C)(C(=O)O)[C@H](OC(C)=O)CC[C@]21C)/C(C)=C/C=C/C(C)(C)OC. The van der Waals surface area contributed by atoms with Crippen LogP contribution in [0.15, 0.2) is 47.1 Å². The van der Waals surface area contributed by atoms with Crippen LogP contribution in [-0.2, 0) is 28.6 Å². The Morgan fingerprint density at radius 2 is 1.71 bits per heavy atom. The standard InChI is InChI=1S/C34H50O7/c1-21(12-11-17-31(4,5)40-10)25(39-9)14-13-22(2)29-24(36)20-27-32(6)19-16-28(41-23(3)35)34(8,30(37)38)26(32)15-18-33(27,29)7/h11-14,17,25-28H,15-16,18-20H2,1-10H3,(H,37,38)/b14-13+,17-11+,21-12+,29-22-/t25?,26-,27?,28-,32+,33+,34-/m1/s1. The number of ketones is 1. The molecule has 0 heterocycles. The van der Waals surface area contributed by atoms with Crippen molar-refractivity contribution < 1.29 is 33.7 Å². The van der Waals surface area contributed by atoms with Crippen LogP contribution in [0.1, 0.15) is 87.5 Å². The number of carboxylic acid groups (broad SMARTS) is 1. The van der Waals surface area contributed by atoms with E-state index in [1.54, 1.807) is 21.1 Å². The molecule has 0 bridgehead atoms. The third kappa shape index (κ3) is 6.03. The first-order valence-electron chi connectivity index (χ1n) is 14.7. The first-order valence-corrected chi connectivity index (χ1v) is 14.7. The lowest BCUT2D eigenvalue weighted by atomic mass is 9.42. The third-order valence-electron chi connectivity index (χ3n) is 10.7. The minimum atomic E-state index is -1.20. The molecule has 3 rings (SSSR count). The second kappa shape index (κ2) is 12.0. The van der Waals surface area contributed by atoms with Gasteiger partial charge < -0.3 is 19.3 Å². The van der Waals surface area contributed by atoms with Gasteiger partial charge >= 0.3 is 11.9 Å². The zero-order valence-corrected chi connectivity index (χ0v) is 26.6. The third-order valence-corrected chi connectivity index (χ3v) is 10.7. The lowest BCUT2D eigenvalue weighted by Crippen LogP contribution is -2.61. The summed E-state index contributed by atoms with van der Waals surface area (Å²) in [6.07, 6.45) is 12.0. The molecular formula is C34H50O7. The zero-order chi connectivity index (χ0) is 31.0. The van der Waals surface area contributed by atoms with E-state index in [2.05, 4.69) is 13.8 Å². The Hall–Kier alpha value is -2.51. The number of Topliss-reactive ketones (excluding diaryl/α,β-unsaturated/α-hetero) is 1. The maximum Gasteiger partial charge on any atom is 0.313 e. The van der Waals surface area contributed by atoms with Gasteiger partial charge in [-0.1, -0.05) is 44.2 Å². The zero-order valence-electron chi connectivity index (χ0n) is 26.6. The maximum atomic E-state index is 13.7. The van der Waals surface area contributed by atoms with E-state index < -0.39 is 23.5 Å². The number of methoxy groups -OCH3 is 2. The van der Waals surface area contributed by atoms with E-state index in [1.165, 1.54) is 6.92 Å². The van der Waals surface area contributed by atoms with Crippen LogP contribution in [0.25, 0.3) is 0 Å². The van der Waals surface area contributed by atoms with Crippen molar-refractivity contribution in [2.45, 2.75) is 105 Å². The van der Waals surface area contributed by atoms with E-state index >= 15 is 0 Å². The van der Waals surface area contributed by atoms with Crippen LogP contribution in [0.5, 0.6) is 0 Å². The van der Waals surface area contributed by atoms with Crippen LogP contribution >= 0.6 is 0 Å². The molecule has 1 N–H and O–H groups in total. The van der Waals surface area contributed by atoms with Gasteiger partial charge in [-0.3, -0.25) is 14.4 Å². The molecule has 7 atom stereocenters. The topological polar surface area (TPSA) is 99.1 Å². The van der Waals surface area contributed by atoms with Crippen LogP contribution in [-0.4, -0.2) is 54.9 Å². The lowest BCUT2D eigenvalue weighted by Gasteiger charge is -2.61. The number of hydrogen-bond acceptors (Lipinski definition) is 6. The molecule has 3 aliphatic rings. The fourth-order valence-electron chi connectivity index (χ4n) is 8.25. The molecule has 0 amide bonds. The summed E-state index contributed by atoms with van der Waals surface area (Å²) in [6, 6.07) is 0. The molecule has 3 aliphatic carbocycles. The largest absolute Gasteiger partial charge is 0.481 e. The molecule has 0 aromatic carbocycles. The van der Waals surface area contributed by atoms with Gasteiger partial charge in [-0.15, -0.1) is 0 Å². The smallest absolute Gasteiger partial charge is 0.313 e. The second-order valence-corrected chi connectivity index (χ2v) is 13.6. The predicted molar refractivity (Wildman–Crippen MR) is 159 cm³/mol. The van der Waals surface area contributed by atoms with E-state index in [9.17, 15) is 19.5 Å². The maximum absolute atomic E-state index is 13.7. The molecule has 0 aliphatic heterocycles. The molecule has 3 saturated carbocycles. The Kier molecular flexibility index (Phi) is 9.66. The van der Waals surface area contributed by atoms with Crippen LogP contribution in [0.4, 0.5) is 0 Å². The summed E-state index contributed by atoms with van der Waals surface area (Å²) >= 11 is 0. The Morgan fingerprint density at radius 1 is 1.05 bits per heavy atom.